The fraction of sp³-hybridized carbons (Fsp3) is 0.143. The van der Waals surface area contributed by atoms with Crippen LogP contribution in [0.5, 0.6) is 0 Å². The van der Waals surface area contributed by atoms with Crippen molar-refractivity contribution in [3.8, 4) is 11.3 Å². The van der Waals surface area contributed by atoms with E-state index in [0.29, 0.717) is 24.2 Å². The summed E-state index contributed by atoms with van der Waals surface area (Å²) < 4.78 is 5.31. The second-order valence-corrected chi connectivity index (χ2v) is 3.76. The molecule has 1 heterocycles. The Morgan fingerprint density at radius 2 is 2.17 bits per heavy atom. The molecule has 92 valence electrons. The van der Waals surface area contributed by atoms with E-state index in [0.717, 1.165) is 5.56 Å². The molecule has 2 rings (SSSR count). The van der Waals surface area contributed by atoms with Crippen molar-refractivity contribution in [1.29, 1.82) is 0 Å². The summed E-state index contributed by atoms with van der Waals surface area (Å²) in [5, 5.41) is 2.73. The third-order valence-electron chi connectivity index (χ3n) is 2.49. The zero-order valence-corrected chi connectivity index (χ0v) is 9.97. The maximum atomic E-state index is 11.7. The van der Waals surface area contributed by atoms with Crippen LogP contribution in [0.15, 0.2) is 40.8 Å². The molecule has 0 aliphatic rings. The average Bonchev–Trinajstić information content (AvgIpc) is 2.88. The summed E-state index contributed by atoms with van der Waals surface area (Å²) in [7, 11) is 0. The van der Waals surface area contributed by atoms with Crippen molar-refractivity contribution >= 4 is 12.2 Å². The van der Waals surface area contributed by atoms with Crippen LogP contribution in [-0.4, -0.2) is 18.7 Å². The number of aldehydes is 1. The van der Waals surface area contributed by atoms with Gasteiger partial charge in [0.1, 0.15) is 5.76 Å². The number of furan rings is 1. The van der Waals surface area contributed by atoms with Crippen molar-refractivity contribution in [2.24, 2.45) is 0 Å². The Hall–Kier alpha value is -2.36. The van der Waals surface area contributed by atoms with Gasteiger partial charge in [0.05, 0.1) is 0 Å². The number of nitrogens with one attached hydrogen (secondary N) is 1. The first-order chi connectivity index (χ1) is 8.74. The molecule has 1 N–H and O–H groups in total. The summed E-state index contributed by atoms with van der Waals surface area (Å²) in [6.07, 6.45) is 0.650. The van der Waals surface area contributed by atoms with Gasteiger partial charge in [0.2, 0.25) is 0 Å². The Balaban J connectivity index is 2.31. The average molecular weight is 243 g/mol. The molecule has 0 unspecified atom stereocenters. The summed E-state index contributed by atoms with van der Waals surface area (Å²) in [6.45, 7) is 2.45. The molecule has 18 heavy (non-hydrogen) atoms. The molecule has 0 saturated carbocycles. The molecule has 4 heteroatoms. The summed E-state index contributed by atoms with van der Waals surface area (Å²) in [5.41, 5.74) is 1.34. The van der Waals surface area contributed by atoms with Crippen molar-refractivity contribution in [2.75, 3.05) is 6.54 Å². The number of amides is 1. The molecule has 4 nitrogen and oxygen atoms in total. The van der Waals surface area contributed by atoms with Gasteiger partial charge in [-0.3, -0.25) is 9.59 Å². The standard InChI is InChI=1S/C14H13NO3/c1-2-15-14(17)11-5-3-4-10(8-11)13-7-6-12(9-16)18-13/h3-9H,2H2,1H3,(H,15,17). The molecule has 0 saturated heterocycles. The predicted molar refractivity (Wildman–Crippen MR) is 67.5 cm³/mol. The summed E-state index contributed by atoms with van der Waals surface area (Å²) in [5.74, 6) is 0.721. The lowest BCUT2D eigenvalue weighted by molar-refractivity contribution is 0.0955. The molecule has 0 radical (unpaired) electrons. The lowest BCUT2D eigenvalue weighted by Crippen LogP contribution is -2.22. The van der Waals surface area contributed by atoms with Gasteiger partial charge in [-0.2, -0.15) is 0 Å². The first kappa shape index (κ1) is 12.1. The van der Waals surface area contributed by atoms with Gasteiger partial charge in [0, 0.05) is 17.7 Å². The summed E-state index contributed by atoms with van der Waals surface area (Å²) in [6, 6.07) is 10.4. The van der Waals surface area contributed by atoms with Gasteiger partial charge >= 0.3 is 0 Å². The minimum atomic E-state index is -0.124. The number of rotatable bonds is 4. The maximum absolute atomic E-state index is 11.7. The Kier molecular flexibility index (Phi) is 3.57. The summed E-state index contributed by atoms with van der Waals surface area (Å²) in [4.78, 5) is 22.2. The molecule has 2 aromatic rings. The quantitative estimate of drug-likeness (QED) is 0.839. The molecule has 1 aromatic carbocycles. The van der Waals surface area contributed by atoms with E-state index in [2.05, 4.69) is 5.32 Å². The van der Waals surface area contributed by atoms with Crippen LogP contribution < -0.4 is 5.32 Å². The van der Waals surface area contributed by atoms with Gasteiger partial charge in [-0.15, -0.1) is 0 Å². The van der Waals surface area contributed by atoms with E-state index < -0.39 is 0 Å². The molecule has 0 aliphatic carbocycles. The van der Waals surface area contributed by atoms with Gasteiger partial charge in [-0.25, -0.2) is 0 Å². The van der Waals surface area contributed by atoms with Crippen molar-refractivity contribution in [3.63, 3.8) is 0 Å². The number of hydrogen-bond acceptors (Lipinski definition) is 3. The zero-order chi connectivity index (χ0) is 13.0. The third kappa shape index (κ3) is 2.48. The Bertz CT molecular complexity index is 572. The minimum Gasteiger partial charge on any atom is -0.453 e. The Labute approximate surface area is 105 Å². The molecule has 0 atom stereocenters. The Morgan fingerprint density at radius 1 is 1.33 bits per heavy atom. The van der Waals surface area contributed by atoms with E-state index in [9.17, 15) is 9.59 Å². The van der Waals surface area contributed by atoms with Crippen molar-refractivity contribution in [2.45, 2.75) is 6.92 Å². The fourth-order valence-corrected chi connectivity index (χ4v) is 1.65. The van der Waals surface area contributed by atoms with Crippen LogP contribution in [0.1, 0.15) is 27.8 Å². The minimum absolute atomic E-state index is 0.124. The maximum Gasteiger partial charge on any atom is 0.251 e. The van der Waals surface area contributed by atoms with Gasteiger partial charge in [0.15, 0.2) is 12.0 Å². The van der Waals surface area contributed by atoms with Crippen LogP contribution in [0.2, 0.25) is 0 Å². The summed E-state index contributed by atoms with van der Waals surface area (Å²) >= 11 is 0. The van der Waals surface area contributed by atoms with Crippen molar-refractivity contribution < 1.29 is 14.0 Å². The van der Waals surface area contributed by atoms with E-state index in [-0.39, 0.29) is 11.7 Å². The van der Waals surface area contributed by atoms with E-state index in [1.54, 1.807) is 30.3 Å². The zero-order valence-electron chi connectivity index (χ0n) is 9.97. The van der Waals surface area contributed by atoms with E-state index in [1.165, 1.54) is 0 Å². The Morgan fingerprint density at radius 3 is 2.83 bits per heavy atom. The highest BCUT2D eigenvalue weighted by atomic mass is 16.3. The monoisotopic (exact) mass is 243 g/mol. The first-order valence-electron chi connectivity index (χ1n) is 5.68. The van der Waals surface area contributed by atoms with Crippen molar-refractivity contribution in [1.82, 2.24) is 5.32 Å². The highest BCUT2D eigenvalue weighted by Crippen LogP contribution is 2.22. The number of carbonyl (C=O) groups excluding carboxylic acids is 2. The van der Waals surface area contributed by atoms with Gasteiger partial charge in [-0.1, -0.05) is 12.1 Å². The molecule has 0 aliphatic heterocycles. The number of benzene rings is 1. The van der Waals surface area contributed by atoms with Gasteiger partial charge in [0.25, 0.3) is 5.91 Å². The van der Waals surface area contributed by atoms with Crippen molar-refractivity contribution in [3.05, 3.63) is 47.7 Å². The normalized spacial score (nSPS) is 10.1. The number of hydrogen-bond donors (Lipinski definition) is 1. The topological polar surface area (TPSA) is 59.3 Å². The third-order valence-corrected chi connectivity index (χ3v) is 2.49. The molecule has 1 amide bonds. The van der Waals surface area contributed by atoms with Crippen LogP contribution in [0, 0.1) is 0 Å². The lowest BCUT2D eigenvalue weighted by atomic mass is 10.1. The van der Waals surface area contributed by atoms with E-state index >= 15 is 0 Å². The van der Waals surface area contributed by atoms with E-state index in [1.807, 2.05) is 13.0 Å². The molecule has 0 fully saturated rings. The molecule has 0 bridgehead atoms. The molecular formula is C14H13NO3. The second kappa shape index (κ2) is 5.31. The SMILES string of the molecule is CCNC(=O)c1cccc(-c2ccc(C=O)o2)c1. The smallest absolute Gasteiger partial charge is 0.251 e. The molecule has 1 aromatic heterocycles. The fourth-order valence-electron chi connectivity index (χ4n) is 1.65. The van der Waals surface area contributed by atoms with Gasteiger partial charge in [-0.05, 0) is 31.2 Å². The second-order valence-electron chi connectivity index (χ2n) is 3.76. The highest BCUT2D eigenvalue weighted by Gasteiger charge is 2.08. The molecular weight excluding hydrogens is 230 g/mol. The lowest BCUT2D eigenvalue weighted by Gasteiger charge is -2.03. The largest absolute Gasteiger partial charge is 0.453 e. The van der Waals surface area contributed by atoms with E-state index in [4.69, 9.17) is 4.42 Å². The van der Waals surface area contributed by atoms with Crippen LogP contribution in [0.4, 0.5) is 0 Å². The van der Waals surface area contributed by atoms with Crippen LogP contribution in [0.3, 0.4) is 0 Å². The number of carbonyl (C=O) groups is 2. The van der Waals surface area contributed by atoms with Crippen LogP contribution in [0.25, 0.3) is 11.3 Å². The van der Waals surface area contributed by atoms with Gasteiger partial charge < -0.3 is 9.73 Å². The van der Waals surface area contributed by atoms with Crippen LogP contribution >= 0.6 is 0 Å². The van der Waals surface area contributed by atoms with Crippen LogP contribution in [-0.2, 0) is 0 Å². The first-order valence-corrected chi connectivity index (χ1v) is 5.68. The predicted octanol–water partition coefficient (Wildman–Crippen LogP) is 2.51. The highest BCUT2D eigenvalue weighted by molar-refractivity contribution is 5.95. The molecule has 0 spiro atoms.